The highest BCUT2D eigenvalue weighted by Gasteiger charge is 2.38. The summed E-state index contributed by atoms with van der Waals surface area (Å²) in [6.07, 6.45) is 0.782. The van der Waals surface area contributed by atoms with Crippen LogP contribution in [0, 0.1) is 17.5 Å². The van der Waals surface area contributed by atoms with Gasteiger partial charge in [0.2, 0.25) is 0 Å². The Hall–Kier alpha value is -4.11. The number of alkyl halides is 2. The SMILES string of the molecule is COc1cc(C(=O)NC[C@](O)(c2cc(C(C)(C)O)c(F)c(-c3cc(Cl)c(F)cc3F)n2)c2cccs2)cc(/C=N/C(F)F)c1N. The molecular weight excluding hydrogens is 643 g/mol. The summed E-state index contributed by atoms with van der Waals surface area (Å²) < 4.78 is 75.2. The zero-order valence-electron chi connectivity index (χ0n) is 23.8. The minimum Gasteiger partial charge on any atom is -0.495 e. The second kappa shape index (κ2) is 13.1. The second-order valence-electron chi connectivity index (χ2n) is 10.3. The zero-order chi connectivity index (χ0) is 33.3. The van der Waals surface area contributed by atoms with Crippen LogP contribution < -0.4 is 15.8 Å². The number of aliphatic imine (C=N–C) groups is 1. The van der Waals surface area contributed by atoms with E-state index >= 15 is 4.39 Å². The third-order valence-electron chi connectivity index (χ3n) is 6.72. The van der Waals surface area contributed by atoms with Crippen LogP contribution in [0.4, 0.5) is 27.6 Å². The summed E-state index contributed by atoms with van der Waals surface area (Å²) >= 11 is 6.90. The predicted molar refractivity (Wildman–Crippen MR) is 160 cm³/mol. The normalized spacial score (nSPS) is 13.3. The molecule has 0 spiro atoms. The van der Waals surface area contributed by atoms with E-state index in [1.165, 1.54) is 39.2 Å². The maximum absolute atomic E-state index is 15.8. The molecule has 2 heterocycles. The number of nitrogens with one attached hydrogen (secondary N) is 1. The van der Waals surface area contributed by atoms with E-state index in [1.807, 2.05) is 0 Å². The monoisotopic (exact) mass is 668 g/mol. The fourth-order valence-electron chi connectivity index (χ4n) is 4.39. The first-order valence-electron chi connectivity index (χ1n) is 13.0. The number of amides is 1. The van der Waals surface area contributed by atoms with Crippen molar-refractivity contribution in [2.24, 2.45) is 4.99 Å². The summed E-state index contributed by atoms with van der Waals surface area (Å²) in [6, 6.07) is 7.87. The number of hydrogen-bond donors (Lipinski definition) is 4. The Morgan fingerprint density at radius 3 is 2.49 bits per heavy atom. The second-order valence-corrected chi connectivity index (χ2v) is 11.6. The molecule has 1 atom stereocenters. The molecule has 0 fully saturated rings. The molecule has 2 aromatic carbocycles. The molecule has 45 heavy (non-hydrogen) atoms. The lowest BCUT2D eigenvalue weighted by Crippen LogP contribution is -2.42. The van der Waals surface area contributed by atoms with Crippen LogP contribution in [0.3, 0.4) is 0 Å². The topological polar surface area (TPSA) is 130 Å². The van der Waals surface area contributed by atoms with E-state index in [9.17, 15) is 32.6 Å². The van der Waals surface area contributed by atoms with Gasteiger partial charge in [0, 0.05) is 39.4 Å². The molecule has 238 valence electrons. The van der Waals surface area contributed by atoms with Gasteiger partial charge in [-0.15, -0.1) is 11.3 Å². The Morgan fingerprint density at radius 1 is 1.18 bits per heavy atom. The Balaban J connectivity index is 1.84. The van der Waals surface area contributed by atoms with Crippen LogP contribution in [0.1, 0.15) is 45.9 Å². The molecule has 0 radical (unpaired) electrons. The number of methoxy groups -OCH3 is 1. The molecule has 0 unspecified atom stereocenters. The van der Waals surface area contributed by atoms with Gasteiger partial charge in [0.1, 0.15) is 23.1 Å². The van der Waals surface area contributed by atoms with Gasteiger partial charge in [-0.25, -0.2) is 23.1 Å². The number of nitrogen functional groups attached to an aromatic ring is 1. The lowest BCUT2D eigenvalue weighted by molar-refractivity contribution is 0.0644. The molecule has 0 saturated heterocycles. The Kier molecular flexibility index (Phi) is 9.82. The van der Waals surface area contributed by atoms with Gasteiger partial charge in [0.05, 0.1) is 35.7 Å². The van der Waals surface area contributed by atoms with Crippen LogP contribution in [-0.4, -0.2) is 47.5 Å². The number of nitrogens with zero attached hydrogens (tertiary/aromatic N) is 2. The maximum Gasteiger partial charge on any atom is 0.331 e. The molecule has 0 aliphatic rings. The quantitative estimate of drug-likeness (QED) is 0.0539. The minimum absolute atomic E-state index is 0.00784. The highest BCUT2D eigenvalue weighted by atomic mass is 35.5. The van der Waals surface area contributed by atoms with Crippen LogP contribution in [0.15, 0.2) is 52.8 Å². The molecule has 2 aromatic heterocycles. The van der Waals surface area contributed by atoms with Crippen LogP contribution >= 0.6 is 22.9 Å². The summed E-state index contributed by atoms with van der Waals surface area (Å²) in [5, 5.41) is 26.5. The van der Waals surface area contributed by atoms with Crippen LogP contribution in [0.25, 0.3) is 11.3 Å². The lowest BCUT2D eigenvalue weighted by Gasteiger charge is -2.30. The zero-order valence-corrected chi connectivity index (χ0v) is 25.4. The van der Waals surface area contributed by atoms with E-state index in [0.29, 0.717) is 6.07 Å². The number of aromatic nitrogens is 1. The van der Waals surface area contributed by atoms with Crippen LogP contribution in [0.2, 0.25) is 5.02 Å². The number of carbonyl (C=O) groups excluding carboxylic acids is 1. The molecule has 0 aliphatic carbocycles. The van der Waals surface area contributed by atoms with Gasteiger partial charge < -0.3 is 26.0 Å². The highest BCUT2D eigenvalue weighted by Crippen LogP contribution is 2.39. The first kappa shape index (κ1) is 33.8. The largest absolute Gasteiger partial charge is 0.495 e. The average molecular weight is 669 g/mol. The fraction of sp³-hybridized carbons (Fsp3) is 0.233. The van der Waals surface area contributed by atoms with Gasteiger partial charge in [0.25, 0.3) is 5.91 Å². The van der Waals surface area contributed by atoms with E-state index in [0.717, 1.165) is 29.7 Å². The average Bonchev–Trinajstić information content (AvgIpc) is 3.52. The molecule has 0 bridgehead atoms. The summed E-state index contributed by atoms with van der Waals surface area (Å²) in [6.45, 7) is -1.13. The van der Waals surface area contributed by atoms with Crippen LogP contribution in [0.5, 0.6) is 5.75 Å². The Bertz CT molecular complexity index is 1770. The van der Waals surface area contributed by atoms with E-state index in [1.54, 1.807) is 11.4 Å². The molecule has 4 aromatic rings. The molecule has 15 heteroatoms. The van der Waals surface area contributed by atoms with Crippen LogP contribution in [-0.2, 0) is 11.2 Å². The van der Waals surface area contributed by atoms with Gasteiger partial charge >= 0.3 is 6.55 Å². The number of rotatable bonds is 10. The van der Waals surface area contributed by atoms with Crippen molar-refractivity contribution in [3.05, 3.63) is 97.6 Å². The number of aliphatic hydroxyl groups is 2. The molecule has 8 nitrogen and oxygen atoms in total. The molecule has 4 rings (SSSR count). The summed E-state index contributed by atoms with van der Waals surface area (Å²) in [4.78, 5) is 20.7. The van der Waals surface area contributed by atoms with Gasteiger partial charge in [0.15, 0.2) is 11.4 Å². The van der Waals surface area contributed by atoms with E-state index in [2.05, 4.69) is 15.3 Å². The standard InChI is InChI=1S/C30H26ClF5N4O4S/c1-29(2,42)17-10-22(40-26(24(17)34)16-9-18(31)20(33)11-19(16)32)30(43,23-5-4-6-45-23)13-39-27(41)14-7-15(12-38-28(35)36)25(37)21(8-14)44-3/h4-12,28,42-43H,13,37H2,1-3H3,(H,39,41)/b38-12+/t30-/m0/s1. The maximum atomic E-state index is 15.8. The number of benzene rings is 2. The summed E-state index contributed by atoms with van der Waals surface area (Å²) in [5.74, 6) is -4.28. The molecular formula is C30H26ClF5N4O4S. The van der Waals surface area contributed by atoms with Gasteiger partial charge in [-0.1, -0.05) is 17.7 Å². The number of pyridine rings is 1. The number of hydrogen-bond acceptors (Lipinski definition) is 8. The smallest absolute Gasteiger partial charge is 0.331 e. The van der Waals surface area contributed by atoms with Crippen molar-refractivity contribution >= 4 is 40.7 Å². The third-order valence-corrected chi connectivity index (χ3v) is 8.03. The van der Waals surface area contributed by atoms with Crippen molar-refractivity contribution in [1.82, 2.24) is 10.3 Å². The predicted octanol–water partition coefficient (Wildman–Crippen LogP) is 6.01. The molecule has 0 saturated carbocycles. The number of nitrogens with two attached hydrogens (primary N) is 1. The molecule has 0 aliphatic heterocycles. The third kappa shape index (κ3) is 7.09. The number of anilines is 1. The van der Waals surface area contributed by atoms with E-state index < -0.39 is 69.5 Å². The Morgan fingerprint density at radius 2 is 1.89 bits per heavy atom. The van der Waals surface area contributed by atoms with E-state index in [-0.39, 0.29) is 33.1 Å². The van der Waals surface area contributed by atoms with Gasteiger partial charge in [-0.3, -0.25) is 4.79 Å². The van der Waals surface area contributed by atoms with Gasteiger partial charge in [-0.2, -0.15) is 8.78 Å². The van der Waals surface area contributed by atoms with Crippen molar-refractivity contribution in [3.8, 4) is 17.0 Å². The number of thiophene rings is 1. The van der Waals surface area contributed by atoms with Crippen molar-refractivity contribution in [1.29, 1.82) is 0 Å². The minimum atomic E-state index is -3.03. The van der Waals surface area contributed by atoms with Crippen molar-refractivity contribution in [2.45, 2.75) is 31.6 Å². The molecule has 5 N–H and O–H groups in total. The number of ether oxygens (including phenoxy) is 1. The Labute approximate surface area is 263 Å². The summed E-state index contributed by atoms with van der Waals surface area (Å²) in [7, 11) is 1.26. The summed E-state index contributed by atoms with van der Waals surface area (Å²) in [5.41, 5.74) is -0.263. The van der Waals surface area contributed by atoms with Crippen molar-refractivity contribution in [3.63, 3.8) is 0 Å². The number of carbonyl (C=O) groups is 1. The van der Waals surface area contributed by atoms with Gasteiger partial charge in [-0.05, 0) is 49.6 Å². The van der Waals surface area contributed by atoms with E-state index in [4.69, 9.17) is 22.1 Å². The van der Waals surface area contributed by atoms with Crippen molar-refractivity contribution in [2.75, 3.05) is 19.4 Å². The number of halogens is 6. The van der Waals surface area contributed by atoms with Crippen molar-refractivity contribution < 1.29 is 41.7 Å². The molecule has 1 amide bonds. The first-order valence-corrected chi connectivity index (χ1v) is 14.2. The first-order chi connectivity index (χ1) is 21.1. The highest BCUT2D eigenvalue weighted by molar-refractivity contribution is 7.10. The fourth-order valence-corrected chi connectivity index (χ4v) is 5.38. The lowest BCUT2D eigenvalue weighted by atomic mass is 9.89.